The maximum absolute atomic E-state index is 12.0. The van der Waals surface area contributed by atoms with E-state index >= 15 is 0 Å². The van der Waals surface area contributed by atoms with Gasteiger partial charge in [-0.15, -0.1) is 0 Å². The zero-order chi connectivity index (χ0) is 16.4. The second-order valence-electron chi connectivity index (χ2n) is 4.97. The average Bonchev–Trinajstić information content (AvgIpc) is 2.89. The Morgan fingerprint density at radius 1 is 1.04 bits per heavy atom. The Morgan fingerprint density at radius 3 is 2.30 bits per heavy atom. The van der Waals surface area contributed by atoms with Crippen molar-refractivity contribution in [2.45, 2.75) is 0 Å². The van der Waals surface area contributed by atoms with Gasteiger partial charge in [0.1, 0.15) is 0 Å². The Kier molecular flexibility index (Phi) is 3.95. The van der Waals surface area contributed by atoms with E-state index in [4.69, 9.17) is 11.6 Å². The molecule has 2 aromatic rings. The molecular formula is C17H11ClN2O3. The van der Waals surface area contributed by atoms with Crippen LogP contribution in [0.3, 0.4) is 0 Å². The van der Waals surface area contributed by atoms with Gasteiger partial charge in [-0.2, -0.15) is 0 Å². The first-order valence-corrected chi connectivity index (χ1v) is 7.16. The number of benzene rings is 2. The monoisotopic (exact) mass is 326 g/mol. The molecule has 1 amide bonds. The maximum atomic E-state index is 12.0. The van der Waals surface area contributed by atoms with Crippen molar-refractivity contribution < 1.29 is 9.72 Å². The van der Waals surface area contributed by atoms with Crippen molar-refractivity contribution in [2.24, 2.45) is 0 Å². The van der Waals surface area contributed by atoms with Crippen LogP contribution >= 0.6 is 11.6 Å². The van der Waals surface area contributed by atoms with Crippen LogP contribution < -0.4 is 5.32 Å². The molecule has 5 nitrogen and oxygen atoms in total. The van der Waals surface area contributed by atoms with Gasteiger partial charge in [-0.1, -0.05) is 23.7 Å². The van der Waals surface area contributed by atoms with Crippen molar-refractivity contribution in [3.05, 3.63) is 86.4 Å². The van der Waals surface area contributed by atoms with Gasteiger partial charge >= 0.3 is 0 Å². The number of hydrogen-bond donors (Lipinski definition) is 1. The fourth-order valence-corrected chi connectivity index (χ4v) is 2.34. The fourth-order valence-electron chi connectivity index (χ4n) is 2.22. The zero-order valence-corrected chi connectivity index (χ0v) is 12.6. The Balaban J connectivity index is 1.88. The minimum atomic E-state index is -0.461. The highest BCUT2D eigenvalue weighted by Gasteiger charge is 2.19. The number of nitrogens with zero attached hydrogens (tertiary/aromatic N) is 1. The van der Waals surface area contributed by atoms with Crippen LogP contribution in [0.1, 0.15) is 11.1 Å². The summed E-state index contributed by atoms with van der Waals surface area (Å²) >= 11 is 5.85. The van der Waals surface area contributed by atoms with Gasteiger partial charge < -0.3 is 5.32 Å². The van der Waals surface area contributed by atoms with Crippen molar-refractivity contribution in [2.75, 3.05) is 0 Å². The quantitative estimate of drug-likeness (QED) is 0.529. The van der Waals surface area contributed by atoms with Gasteiger partial charge in [0.25, 0.3) is 11.6 Å². The van der Waals surface area contributed by atoms with E-state index in [1.54, 1.807) is 36.4 Å². The molecule has 1 heterocycles. The molecule has 0 radical (unpaired) electrons. The molecule has 23 heavy (non-hydrogen) atoms. The summed E-state index contributed by atoms with van der Waals surface area (Å²) in [5.41, 5.74) is 2.77. The SMILES string of the molecule is O=C1NC(c2ccc(Cl)cc2)=C/C1=C\c1ccc([N+](=O)[O-])cc1. The van der Waals surface area contributed by atoms with Crippen LogP contribution in [0.15, 0.2) is 60.2 Å². The minimum absolute atomic E-state index is 0.0143. The van der Waals surface area contributed by atoms with Gasteiger partial charge in [0.2, 0.25) is 0 Å². The van der Waals surface area contributed by atoms with Gasteiger partial charge in [-0.05, 0) is 47.5 Å². The summed E-state index contributed by atoms with van der Waals surface area (Å²) in [7, 11) is 0. The zero-order valence-electron chi connectivity index (χ0n) is 11.8. The van der Waals surface area contributed by atoms with E-state index in [-0.39, 0.29) is 11.6 Å². The number of non-ortho nitro benzene ring substituents is 1. The molecule has 1 aliphatic heterocycles. The highest BCUT2D eigenvalue weighted by atomic mass is 35.5. The summed E-state index contributed by atoms with van der Waals surface area (Å²) < 4.78 is 0. The third kappa shape index (κ3) is 3.30. The van der Waals surface area contributed by atoms with Crippen LogP contribution in [0.4, 0.5) is 5.69 Å². The average molecular weight is 327 g/mol. The third-order valence-electron chi connectivity index (χ3n) is 3.39. The first kappa shape index (κ1) is 15.0. The van der Waals surface area contributed by atoms with Crippen LogP contribution in [0, 0.1) is 10.1 Å². The molecule has 0 fully saturated rings. The Morgan fingerprint density at radius 2 is 1.70 bits per heavy atom. The van der Waals surface area contributed by atoms with Gasteiger partial charge in [-0.25, -0.2) is 0 Å². The number of halogens is 1. The van der Waals surface area contributed by atoms with Gasteiger partial charge in [0.15, 0.2) is 0 Å². The van der Waals surface area contributed by atoms with E-state index in [0.717, 1.165) is 5.56 Å². The molecule has 2 aromatic carbocycles. The third-order valence-corrected chi connectivity index (χ3v) is 3.64. The number of nitro benzene ring substituents is 1. The summed E-state index contributed by atoms with van der Waals surface area (Å²) in [5.74, 6) is -0.215. The van der Waals surface area contributed by atoms with Crippen LogP contribution in [0.5, 0.6) is 0 Å². The van der Waals surface area contributed by atoms with Crippen LogP contribution in [0.2, 0.25) is 5.02 Å². The molecule has 0 unspecified atom stereocenters. The molecule has 6 heteroatoms. The van der Waals surface area contributed by atoms with E-state index in [1.165, 1.54) is 12.1 Å². The Hall–Kier alpha value is -2.92. The van der Waals surface area contributed by atoms with Crippen LogP contribution in [0.25, 0.3) is 11.8 Å². The van der Waals surface area contributed by atoms with E-state index < -0.39 is 4.92 Å². The summed E-state index contributed by atoms with van der Waals surface area (Å²) in [6.45, 7) is 0. The molecule has 0 saturated carbocycles. The van der Waals surface area contributed by atoms with Crippen LogP contribution in [-0.4, -0.2) is 10.8 Å². The fraction of sp³-hybridized carbons (Fsp3) is 0. The molecule has 0 aliphatic carbocycles. The molecule has 1 aliphatic rings. The van der Waals surface area contributed by atoms with Gasteiger partial charge in [0.05, 0.1) is 4.92 Å². The smallest absolute Gasteiger partial charge is 0.269 e. The second-order valence-corrected chi connectivity index (χ2v) is 5.40. The molecule has 1 N–H and O–H groups in total. The van der Waals surface area contributed by atoms with Crippen molar-refractivity contribution in [1.29, 1.82) is 0 Å². The number of carbonyl (C=O) groups is 1. The summed E-state index contributed by atoms with van der Waals surface area (Å²) in [4.78, 5) is 22.2. The Labute approximate surface area is 137 Å². The lowest BCUT2D eigenvalue weighted by Crippen LogP contribution is -2.15. The maximum Gasteiger partial charge on any atom is 0.269 e. The number of nitro groups is 1. The summed E-state index contributed by atoms with van der Waals surface area (Å²) in [6, 6.07) is 13.2. The Bertz CT molecular complexity index is 837. The van der Waals surface area contributed by atoms with Crippen molar-refractivity contribution in [3.8, 4) is 0 Å². The van der Waals surface area contributed by atoms with Crippen molar-refractivity contribution in [1.82, 2.24) is 5.32 Å². The van der Waals surface area contributed by atoms with Crippen molar-refractivity contribution >= 4 is 35.0 Å². The van der Waals surface area contributed by atoms with Crippen molar-refractivity contribution in [3.63, 3.8) is 0 Å². The molecule has 0 saturated heterocycles. The van der Waals surface area contributed by atoms with Gasteiger partial charge in [0, 0.05) is 28.4 Å². The predicted molar refractivity (Wildman–Crippen MR) is 88.6 cm³/mol. The first-order valence-electron chi connectivity index (χ1n) is 6.78. The summed E-state index contributed by atoms with van der Waals surface area (Å²) in [5, 5.41) is 14.1. The molecule has 0 aromatic heterocycles. The predicted octanol–water partition coefficient (Wildman–Crippen LogP) is 3.80. The highest BCUT2D eigenvalue weighted by Crippen LogP contribution is 2.24. The van der Waals surface area contributed by atoms with Gasteiger partial charge in [-0.3, -0.25) is 14.9 Å². The topological polar surface area (TPSA) is 72.2 Å². The number of nitrogens with one attached hydrogen (secondary N) is 1. The van der Waals surface area contributed by atoms with E-state index in [1.807, 2.05) is 12.1 Å². The molecule has 114 valence electrons. The lowest BCUT2D eigenvalue weighted by molar-refractivity contribution is -0.384. The van der Waals surface area contributed by atoms with Crippen LogP contribution in [-0.2, 0) is 4.79 Å². The minimum Gasteiger partial charge on any atom is -0.321 e. The summed E-state index contributed by atoms with van der Waals surface area (Å²) in [6.07, 6.45) is 3.43. The largest absolute Gasteiger partial charge is 0.321 e. The number of carbonyl (C=O) groups excluding carboxylic acids is 1. The molecule has 0 atom stereocenters. The second kappa shape index (κ2) is 6.06. The molecule has 0 spiro atoms. The van der Waals surface area contributed by atoms with E-state index in [9.17, 15) is 14.9 Å². The first-order chi connectivity index (χ1) is 11.0. The number of hydrogen-bond acceptors (Lipinski definition) is 3. The molecule has 3 rings (SSSR count). The molecule has 0 bridgehead atoms. The normalized spacial score (nSPS) is 15.4. The van der Waals surface area contributed by atoms with E-state index in [2.05, 4.69) is 5.32 Å². The number of rotatable bonds is 3. The lowest BCUT2D eigenvalue weighted by Gasteiger charge is -2.02. The van der Waals surface area contributed by atoms with E-state index in [0.29, 0.717) is 21.9 Å². The standard InChI is InChI=1S/C17H11ClN2O3/c18-14-5-3-12(4-6-14)16-10-13(17(21)19-16)9-11-1-7-15(8-2-11)20(22)23/h1-10H,(H,19,21)/b13-9+. The highest BCUT2D eigenvalue weighted by molar-refractivity contribution is 6.30. The molecular weight excluding hydrogens is 316 g/mol. The number of amides is 1. The lowest BCUT2D eigenvalue weighted by atomic mass is 10.1.